The van der Waals surface area contributed by atoms with Crippen molar-refractivity contribution >= 4 is 28.9 Å². The lowest BCUT2D eigenvalue weighted by Gasteiger charge is -2.35. The number of hydrogen-bond acceptors (Lipinski definition) is 8. The Kier molecular flexibility index (Phi) is 7.94. The fourth-order valence-electron chi connectivity index (χ4n) is 4.29. The zero-order chi connectivity index (χ0) is 26.8. The van der Waals surface area contributed by atoms with E-state index in [9.17, 15) is 19.5 Å². The van der Waals surface area contributed by atoms with Gasteiger partial charge in [0.05, 0.1) is 10.9 Å². The molecule has 0 aliphatic carbocycles. The quantitative estimate of drug-likeness (QED) is 0.494. The maximum absolute atomic E-state index is 13.0. The van der Waals surface area contributed by atoms with Crippen molar-refractivity contribution in [3.63, 3.8) is 0 Å². The Bertz CT molecular complexity index is 1180. The van der Waals surface area contributed by atoms with Gasteiger partial charge in [-0.15, -0.1) is 0 Å². The van der Waals surface area contributed by atoms with Crippen LogP contribution in [0.15, 0.2) is 21.3 Å². The molecule has 198 valence electrons. The number of aryl methyl sites for hydroxylation is 1. The molecule has 1 atom stereocenters. The second kappa shape index (κ2) is 10.4. The topological polar surface area (TPSA) is 145 Å². The van der Waals surface area contributed by atoms with E-state index in [0.29, 0.717) is 29.6 Å². The summed E-state index contributed by atoms with van der Waals surface area (Å²) in [4.78, 5) is 47.4. The first-order valence-electron chi connectivity index (χ1n) is 12.1. The van der Waals surface area contributed by atoms with Crippen molar-refractivity contribution in [1.29, 1.82) is 0 Å². The first kappa shape index (κ1) is 27.4. The fourth-order valence-corrected chi connectivity index (χ4v) is 4.29. The van der Waals surface area contributed by atoms with E-state index in [1.54, 1.807) is 26.0 Å². The molecule has 1 aromatic heterocycles. The minimum Gasteiger partial charge on any atom is -0.465 e. The SMILES string of the molecule is Cc1c(CN(C(=O)O)C(C)(C)C)ccc2nc(N[C@@](C)(CCN3CCN(C)CC3)C(N)=O)oc(=O)c12. The van der Waals surface area contributed by atoms with E-state index in [4.69, 9.17) is 10.2 Å². The number of benzene rings is 1. The van der Waals surface area contributed by atoms with Crippen molar-refractivity contribution in [1.82, 2.24) is 19.7 Å². The largest absolute Gasteiger partial charge is 0.465 e. The molecular formula is C25H38N6O5. The van der Waals surface area contributed by atoms with Crippen LogP contribution in [-0.2, 0) is 11.3 Å². The first-order chi connectivity index (χ1) is 16.7. The number of rotatable bonds is 8. The number of hydrogen-bond donors (Lipinski definition) is 3. The van der Waals surface area contributed by atoms with Crippen LogP contribution in [0.4, 0.5) is 10.8 Å². The number of amides is 2. The van der Waals surface area contributed by atoms with Gasteiger partial charge in [-0.1, -0.05) is 6.07 Å². The van der Waals surface area contributed by atoms with Crippen molar-refractivity contribution in [2.24, 2.45) is 5.73 Å². The Balaban J connectivity index is 1.85. The Hall–Kier alpha value is -3.18. The highest BCUT2D eigenvalue weighted by Gasteiger charge is 2.33. The molecular weight excluding hydrogens is 464 g/mol. The molecule has 1 aliphatic rings. The number of aromatic nitrogens is 1. The maximum Gasteiger partial charge on any atom is 0.408 e. The van der Waals surface area contributed by atoms with Crippen molar-refractivity contribution in [2.75, 3.05) is 45.1 Å². The molecule has 36 heavy (non-hydrogen) atoms. The number of nitrogens with one attached hydrogen (secondary N) is 1. The molecule has 3 rings (SSSR count). The average molecular weight is 503 g/mol. The Morgan fingerprint density at radius 2 is 1.83 bits per heavy atom. The molecule has 0 saturated carbocycles. The number of anilines is 1. The van der Waals surface area contributed by atoms with E-state index in [0.717, 1.165) is 26.2 Å². The fraction of sp³-hybridized carbons (Fsp3) is 0.600. The molecule has 1 aromatic carbocycles. The number of fused-ring (bicyclic) bond motifs is 1. The summed E-state index contributed by atoms with van der Waals surface area (Å²) in [6.07, 6.45) is -0.625. The number of carbonyl (C=O) groups is 2. The summed E-state index contributed by atoms with van der Waals surface area (Å²) in [5, 5.41) is 12.9. The second-order valence-corrected chi connectivity index (χ2v) is 10.8. The van der Waals surface area contributed by atoms with E-state index in [-0.39, 0.29) is 17.9 Å². The molecule has 4 N–H and O–H groups in total. The number of nitrogens with zero attached hydrogens (tertiary/aromatic N) is 4. The van der Waals surface area contributed by atoms with Gasteiger partial charge in [0.2, 0.25) is 5.91 Å². The van der Waals surface area contributed by atoms with E-state index >= 15 is 0 Å². The molecule has 11 nitrogen and oxygen atoms in total. The van der Waals surface area contributed by atoms with Gasteiger partial charge in [0.1, 0.15) is 5.54 Å². The van der Waals surface area contributed by atoms with Crippen LogP contribution >= 0.6 is 0 Å². The zero-order valence-corrected chi connectivity index (χ0v) is 22.1. The maximum atomic E-state index is 13.0. The van der Waals surface area contributed by atoms with Crippen molar-refractivity contribution in [3.8, 4) is 0 Å². The van der Waals surface area contributed by atoms with Gasteiger partial charge in [-0.2, -0.15) is 4.98 Å². The summed E-state index contributed by atoms with van der Waals surface area (Å²) >= 11 is 0. The number of carbonyl (C=O) groups excluding carboxylic acids is 1. The standard InChI is InChI=1S/C25H38N6O5/c1-16-17(15-31(23(34)35)24(2,3)4)7-8-18-19(16)20(32)36-22(27-18)28-25(5,21(26)33)9-10-30-13-11-29(6)12-14-30/h7-8H,9-15H2,1-6H3,(H2,26,33)(H,27,28)(H,34,35)/t25-/m0/s1. The number of piperazine rings is 1. The Morgan fingerprint density at radius 3 is 2.39 bits per heavy atom. The summed E-state index contributed by atoms with van der Waals surface area (Å²) in [5.74, 6) is -0.566. The van der Waals surface area contributed by atoms with Crippen molar-refractivity contribution < 1.29 is 19.1 Å². The third-order valence-corrected chi connectivity index (χ3v) is 6.99. The molecule has 2 heterocycles. The molecule has 0 unspecified atom stereocenters. The smallest absolute Gasteiger partial charge is 0.408 e. The van der Waals surface area contributed by atoms with E-state index < -0.39 is 28.7 Å². The van der Waals surface area contributed by atoms with Gasteiger partial charge in [0.15, 0.2) is 0 Å². The number of carboxylic acid groups (broad SMARTS) is 1. The molecule has 2 amide bonds. The highest BCUT2D eigenvalue weighted by molar-refractivity contribution is 5.87. The minimum absolute atomic E-state index is 0.0822. The predicted molar refractivity (Wildman–Crippen MR) is 138 cm³/mol. The minimum atomic E-state index is -1.16. The monoisotopic (exact) mass is 502 g/mol. The van der Waals surface area contributed by atoms with Gasteiger partial charge in [-0.25, -0.2) is 9.59 Å². The number of likely N-dealkylation sites (N-methyl/N-ethyl adjacent to an activating group) is 1. The van der Waals surface area contributed by atoms with Crippen LogP contribution < -0.4 is 16.7 Å². The Labute approximate surface area is 211 Å². The third-order valence-electron chi connectivity index (χ3n) is 6.99. The predicted octanol–water partition coefficient (Wildman–Crippen LogP) is 2.07. The molecule has 1 fully saturated rings. The highest BCUT2D eigenvalue weighted by Crippen LogP contribution is 2.25. The van der Waals surface area contributed by atoms with Gasteiger partial charge in [0, 0.05) is 44.8 Å². The van der Waals surface area contributed by atoms with Gasteiger partial charge >= 0.3 is 11.7 Å². The lowest BCUT2D eigenvalue weighted by Crippen LogP contribution is -2.52. The number of primary amides is 1. The van der Waals surface area contributed by atoms with E-state index in [1.807, 2.05) is 20.8 Å². The van der Waals surface area contributed by atoms with Crippen molar-refractivity contribution in [3.05, 3.63) is 33.7 Å². The van der Waals surface area contributed by atoms with Gasteiger partial charge < -0.3 is 30.4 Å². The highest BCUT2D eigenvalue weighted by atomic mass is 16.4. The van der Waals surface area contributed by atoms with E-state index in [1.165, 1.54) is 4.90 Å². The molecule has 1 aliphatic heterocycles. The van der Waals surface area contributed by atoms with Crippen molar-refractivity contribution in [2.45, 2.75) is 58.7 Å². The lowest BCUT2D eigenvalue weighted by molar-refractivity contribution is -0.122. The van der Waals surface area contributed by atoms with Crippen LogP contribution in [0.5, 0.6) is 0 Å². The van der Waals surface area contributed by atoms with E-state index in [2.05, 4.69) is 27.1 Å². The van der Waals surface area contributed by atoms with Gasteiger partial charge in [0.25, 0.3) is 6.01 Å². The van der Waals surface area contributed by atoms with Crippen LogP contribution in [0, 0.1) is 6.92 Å². The summed E-state index contributed by atoms with van der Waals surface area (Å²) in [5.41, 5.74) is 5.00. The molecule has 11 heteroatoms. The molecule has 2 aromatic rings. The second-order valence-electron chi connectivity index (χ2n) is 10.8. The van der Waals surface area contributed by atoms with Crippen LogP contribution in [0.1, 0.15) is 45.2 Å². The summed E-state index contributed by atoms with van der Waals surface area (Å²) in [6.45, 7) is 13.4. The zero-order valence-electron chi connectivity index (χ0n) is 22.1. The van der Waals surface area contributed by atoms with Crippen LogP contribution in [0.3, 0.4) is 0 Å². The van der Waals surface area contributed by atoms with Gasteiger partial charge in [-0.05, 0) is 65.3 Å². The third kappa shape index (κ3) is 6.14. The molecule has 0 bridgehead atoms. The molecule has 0 radical (unpaired) electrons. The first-order valence-corrected chi connectivity index (χ1v) is 12.1. The van der Waals surface area contributed by atoms with Crippen LogP contribution in [0.25, 0.3) is 10.9 Å². The summed E-state index contributed by atoms with van der Waals surface area (Å²) < 4.78 is 5.46. The average Bonchev–Trinajstić information content (AvgIpc) is 2.76. The summed E-state index contributed by atoms with van der Waals surface area (Å²) in [6, 6.07) is 3.34. The Morgan fingerprint density at radius 1 is 1.19 bits per heavy atom. The lowest BCUT2D eigenvalue weighted by atomic mass is 9.96. The molecule has 0 spiro atoms. The van der Waals surface area contributed by atoms with Crippen LogP contribution in [0.2, 0.25) is 0 Å². The number of nitrogens with two attached hydrogens (primary N) is 1. The summed E-state index contributed by atoms with van der Waals surface area (Å²) in [7, 11) is 2.08. The molecule has 1 saturated heterocycles. The normalized spacial score (nSPS) is 17.1. The van der Waals surface area contributed by atoms with Crippen LogP contribution in [-0.4, -0.2) is 87.6 Å². The van der Waals surface area contributed by atoms with Gasteiger partial charge in [-0.3, -0.25) is 9.69 Å².